The number of aromatic nitrogens is 2. The number of hydrogen-bond donors (Lipinski definition) is 2. The van der Waals surface area contributed by atoms with Crippen molar-refractivity contribution in [2.75, 3.05) is 31.0 Å². The molecule has 0 amide bonds. The largest absolute Gasteiger partial charge is 0.497 e. The maximum absolute atomic E-state index is 5.37. The summed E-state index contributed by atoms with van der Waals surface area (Å²) < 4.78 is 10.7. The highest BCUT2D eigenvalue weighted by Gasteiger charge is 2.27. The second-order valence-electron chi connectivity index (χ2n) is 7.22. The van der Waals surface area contributed by atoms with Crippen LogP contribution < -0.4 is 19.7 Å². The van der Waals surface area contributed by atoms with E-state index in [1.54, 1.807) is 14.2 Å². The van der Waals surface area contributed by atoms with Crippen molar-refractivity contribution in [2.45, 2.75) is 19.4 Å². The highest BCUT2D eigenvalue weighted by atomic mass is 16.5. The molecule has 1 aliphatic heterocycles. The predicted octanol–water partition coefficient (Wildman–Crippen LogP) is 4.61. The maximum atomic E-state index is 5.37. The molecule has 6 heteroatoms. The van der Waals surface area contributed by atoms with E-state index in [4.69, 9.17) is 9.47 Å². The molecule has 1 atom stereocenters. The molecule has 1 aliphatic rings. The Kier molecular flexibility index (Phi) is 5.16. The molecule has 6 nitrogen and oxygen atoms in total. The monoisotopic (exact) mass is 390 g/mol. The molecule has 2 heterocycles. The Balaban J connectivity index is 1.51. The first-order valence-corrected chi connectivity index (χ1v) is 9.65. The second kappa shape index (κ2) is 7.91. The van der Waals surface area contributed by atoms with Gasteiger partial charge in [0.05, 0.1) is 26.5 Å². The lowest BCUT2D eigenvalue weighted by Gasteiger charge is -2.23. The van der Waals surface area contributed by atoms with Crippen LogP contribution in [-0.4, -0.2) is 37.0 Å². The summed E-state index contributed by atoms with van der Waals surface area (Å²) in [6.45, 7) is 7.41. The molecule has 4 rings (SSSR count). The average Bonchev–Trinajstić information content (AvgIpc) is 3.38. The van der Waals surface area contributed by atoms with E-state index in [0.717, 1.165) is 47.1 Å². The quantitative estimate of drug-likeness (QED) is 0.644. The number of aromatic amines is 1. The Morgan fingerprint density at radius 2 is 1.90 bits per heavy atom. The summed E-state index contributed by atoms with van der Waals surface area (Å²) in [5.41, 5.74) is 6.67. The van der Waals surface area contributed by atoms with E-state index in [1.165, 1.54) is 11.1 Å². The van der Waals surface area contributed by atoms with Gasteiger partial charge in [-0.05, 0) is 36.6 Å². The Morgan fingerprint density at radius 3 is 2.52 bits per heavy atom. The van der Waals surface area contributed by atoms with Gasteiger partial charge in [-0.3, -0.25) is 5.10 Å². The third kappa shape index (κ3) is 3.78. The second-order valence-corrected chi connectivity index (χ2v) is 7.22. The van der Waals surface area contributed by atoms with Crippen molar-refractivity contribution in [1.82, 2.24) is 10.2 Å². The molecule has 2 N–H and O–H groups in total. The number of hydrogen-bond acceptors (Lipinski definition) is 5. The standard InChI is InChI=1S/C23H26N4O2/c1-15-9-19(5-6-22(15)17-13-24-25-14-17)27-8-7-23(16(27)2)26-18-10-20(28-3)12-21(11-18)29-4/h5-6,9-14,23,26H,2,7-8H2,1,3-4H3,(H,24,25). The molecule has 29 heavy (non-hydrogen) atoms. The lowest BCUT2D eigenvalue weighted by atomic mass is 10.0. The first kappa shape index (κ1) is 18.9. The van der Waals surface area contributed by atoms with Crippen molar-refractivity contribution in [3.8, 4) is 22.6 Å². The number of methoxy groups -OCH3 is 2. The summed E-state index contributed by atoms with van der Waals surface area (Å²) in [5.74, 6) is 1.52. The van der Waals surface area contributed by atoms with Crippen LogP contribution in [0.3, 0.4) is 0 Å². The van der Waals surface area contributed by atoms with Crippen molar-refractivity contribution < 1.29 is 9.47 Å². The SMILES string of the molecule is C=C1C(Nc2cc(OC)cc(OC)c2)CCN1c1ccc(-c2cn[nH]c2)c(C)c1. The van der Waals surface area contributed by atoms with Crippen molar-refractivity contribution in [2.24, 2.45) is 0 Å². The Morgan fingerprint density at radius 1 is 1.14 bits per heavy atom. The molecule has 0 aliphatic carbocycles. The van der Waals surface area contributed by atoms with E-state index in [9.17, 15) is 0 Å². The normalized spacial score (nSPS) is 16.2. The van der Waals surface area contributed by atoms with Gasteiger partial charge in [0.1, 0.15) is 11.5 Å². The van der Waals surface area contributed by atoms with E-state index in [-0.39, 0.29) is 6.04 Å². The van der Waals surface area contributed by atoms with Crippen LogP contribution in [0, 0.1) is 6.92 Å². The summed E-state index contributed by atoms with van der Waals surface area (Å²) in [6.07, 6.45) is 4.74. The van der Waals surface area contributed by atoms with Crippen LogP contribution in [0.1, 0.15) is 12.0 Å². The van der Waals surface area contributed by atoms with Gasteiger partial charge in [-0.2, -0.15) is 5.10 Å². The number of anilines is 2. The highest BCUT2D eigenvalue weighted by molar-refractivity contribution is 5.70. The third-order valence-corrected chi connectivity index (χ3v) is 5.41. The lowest BCUT2D eigenvalue weighted by molar-refractivity contribution is 0.394. The minimum Gasteiger partial charge on any atom is -0.497 e. The molecule has 2 aromatic carbocycles. The molecular formula is C23H26N4O2. The van der Waals surface area contributed by atoms with Gasteiger partial charge < -0.3 is 19.7 Å². The number of nitrogens with zero attached hydrogens (tertiary/aromatic N) is 2. The molecule has 3 aromatic rings. The number of nitrogens with one attached hydrogen (secondary N) is 2. The molecular weight excluding hydrogens is 364 g/mol. The fourth-order valence-electron chi connectivity index (χ4n) is 3.84. The van der Waals surface area contributed by atoms with Gasteiger partial charge in [-0.15, -0.1) is 0 Å². The van der Waals surface area contributed by atoms with Crippen LogP contribution in [0.25, 0.3) is 11.1 Å². The topological polar surface area (TPSA) is 62.4 Å². The van der Waals surface area contributed by atoms with Crippen molar-refractivity contribution in [1.29, 1.82) is 0 Å². The van der Waals surface area contributed by atoms with Gasteiger partial charge in [0, 0.05) is 53.6 Å². The van der Waals surface area contributed by atoms with Crippen LogP contribution >= 0.6 is 0 Å². The Hall–Kier alpha value is -3.41. The zero-order valence-corrected chi connectivity index (χ0v) is 17.0. The predicted molar refractivity (Wildman–Crippen MR) is 117 cm³/mol. The van der Waals surface area contributed by atoms with Gasteiger partial charge >= 0.3 is 0 Å². The molecule has 150 valence electrons. The summed E-state index contributed by atoms with van der Waals surface area (Å²) >= 11 is 0. The van der Waals surface area contributed by atoms with Crippen molar-refractivity contribution in [3.63, 3.8) is 0 Å². The smallest absolute Gasteiger partial charge is 0.124 e. The summed E-state index contributed by atoms with van der Waals surface area (Å²) in [6, 6.07) is 12.5. The summed E-state index contributed by atoms with van der Waals surface area (Å²) in [5, 5.41) is 10.5. The van der Waals surface area contributed by atoms with E-state index in [2.05, 4.69) is 52.1 Å². The number of rotatable bonds is 6. The lowest BCUT2D eigenvalue weighted by Crippen LogP contribution is -2.23. The van der Waals surface area contributed by atoms with Gasteiger partial charge in [0.2, 0.25) is 0 Å². The number of H-pyrrole nitrogens is 1. The Bertz CT molecular complexity index is 991. The zero-order valence-electron chi connectivity index (χ0n) is 17.0. The Labute approximate surface area is 171 Å². The molecule has 0 bridgehead atoms. The van der Waals surface area contributed by atoms with Crippen molar-refractivity contribution >= 4 is 11.4 Å². The van der Waals surface area contributed by atoms with E-state index >= 15 is 0 Å². The minimum absolute atomic E-state index is 0.153. The summed E-state index contributed by atoms with van der Waals surface area (Å²) in [7, 11) is 3.31. The van der Waals surface area contributed by atoms with Gasteiger partial charge in [-0.25, -0.2) is 0 Å². The molecule has 0 radical (unpaired) electrons. The van der Waals surface area contributed by atoms with Crippen LogP contribution in [0.4, 0.5) is 11.4 Å². The van der Waals surface area contributed by atoms with E-state index < -0.39 is 0 Å². The van der Waals surface area contributed by atoms with Crippen LogP contribution in [0.2, 0.25) is 0 Å². The number of benzene rings is 2. The average molecular weight is 390 g/mol. The highest BCUT2D eigenvalue weighted by Crippen LogP contribution is 2.34. The maximum Gasteiger partial charge on any atom is 0.124 e. The minimum atomic E-state index is 0.153. The summed E-state index contributed by atoms with van der Waals surface area (Å²) in [4.78, 5) is 2.28. The molecule has 0 spiro atoms. The molecule has 1 fully saturated rings. The zero-order chi connectivity index (χ0) is 20.4. The first-order valence-electron chi connectivity index (χ1n) is 9.65. The molecule has 1 unspecified atom stereocenters. The van der Waals surface area contributed by atoms with Crippen LogP contribution in [0.15, 0.2) is 61.1 Å². The molecule has 1 aromatic heterocycles. The number of ether oxygens (including phenoxy) is 2. The number of aryl methyl sites for hydroxylation is 1. The van der Waals surface area contributed by atoms with Crippen molar-refractivity contribution in [3.05, 3.63) is 66.6 Å². The van der Waals surface area contributed by atoms with Crippen LogP contribution in [-0.2, 0) is 0 Å². The van der Waals surface area contributed by atoms with Gasteiger partial charge in [0.15, 0.2) is 0 Å². The van der Waals surface area contributed by atoms with Crippen LogP contribution in [0.5, 0.6) is 11.5 Å². The third-order valence-electron chi connectivity index (χ3n) is 5.41. The molecule has 0 saturated carbocycles. The van der Waals surface area contributed by atoms with E-state index in [0.29, 0.717) is 0 Å². The van der Waals surface area contributed by atoms with Gasteiger partial charge in [0.25, 0.3) is 0 Å². The fourth-order valence-corrected chi connectivity index (χ4v) is 3.84. The first-order chi connectivity index (χ1) is 14.1. The van der Waals surface area contributed by atoms with Gasteiger partial charge in [-0.1, -0.05) is 12.6 Å². The van der Waals surface area contributed by atoms with E-state index in [1.807, 2.05) is 30.6 Å². The fraction of sp³-hybridized carbons (Fsp3) is 0.261. The molecule has 1 saturated heterocycles.